The second-order valence-corrected chi connectivity index (χ2v) is 7.29. The van der Waals surface area contributed by atoms with Gasteiger partial charge in [0.15, 0.2) is 0 Å². The molecule has 0 saturated carbocycles. The number of carbonyl (C=O) groups is 2. The van der Waals surface area contributed by atoms with Gasteiger partial charge in [0, 0.05) is 23.5 Å². The van der Waals surface area contributed by atoms with Crippen LogP contribution < -0.4 is 5.32 Å². The molecule has 0 radical (unpaired) electrons. The van der Waals surface area contributed by atoms with E-state index in [1.165, 1.54) is 11.3 Å². The molecule has 3 rings (SSSR count). The summed E-state index contributed by atoms with van der Waals surface area (Å²) in [6.07, 6.45) is 0.788. The average molecular weight is 358 g/mol. The molecule has 1 aliphatic rings. The summed E-state index contributed by atoms with van der Waals surface area (Å²) in [6.45, 7) is 5.67. The number of esters is 1. The molecule has 0 saturated heterocycles. The Morgan fingerprint density at radius 2 is 2.08 bits per heavy atom. The molecule has 132 valence electrons. The second-order valence-electron chi connectivity index (χ2n) is 6.19. The highest BCUT2D eigenvalue weighted by Gasteiger charge is 2.28. The largest absolute Gasteiger partial charge is 0.462 e. The molecule has 1 aromatic carbocycles. The fourth-order valence-electron chi connectivity index (χ4n) is 3.04. The van der Waals surface area contributed by atoms with E-state index >= 15 is 0 Å². The van der Waals surface area contributed by atoms with Gasteiger partial charge in [-0.3, -0.25) is 4.79 Å². The topological polar surface area (TPSA) is 58.6 Å². The first-order valence-corrected chi connectivity index (χ1v) is 9.20. The molecule has 0 bridgehead atoms. The third-order valence-corrected chi connectivity index (χ3v) is 5.48. The van der Waals surface area contributed by atoms with E-state index in [0.717, 1.165) is 35.5 Å². The molecule has 6 heteroatoms. The van der Waals surface area contributed by atoms with Crippen molar-refractivity contribution in [2.75, 3.05) is 25.5 Å². The molecule has 1 aromatic heterocycles. The molecule has 0 atom stereocenters. The number of nitrogens with one attached hydrogen (secondary N) is 1. The number of likely N-dealkylation sites (N-methyl/N-ethyl adjacent to an activating group) is 1. The highest BCUT2D eigenvalue weighted by Crippen LogP contribution is 2.37. The van der Waals surface area contributed by atoms with Crippen LogP contribution in [0.5, 0.6) is 0 Å². The van der Waals surface area contributed by atoms with E-state index in [0.29, 0.717) is 22.7 Å². The number of ether oxygens (including phenoxy) is 1. The highest BCUT2D eigenvalue weighted by atomic mass is 32.1. The van der Waals surface area contributed by atoms with Crippen molar-refractivity contribution in [1.82, 2.24) is 4.90 Å². The number of fused-ring (bicyclic) bond motifs is 1. The summed E-state index contributed by atoms with van der Waals surface area (Å²) in [5.41, 5.74) is 3.05. The van der Waals surface area contributed by atoms with Gasteiger partial charge in [0.25, 0.3) is 5.91 Å². The molecule has 1 aliphatic heterocycles. The Balaban J connectivity index is 1.96. The van der Waals surface area contributed by atoms with Gasteiger partial charge in [-0.25, -0.2) is 4.79 Å². The van der Waals surface area contributed by atoms with Crippen molar-refractivity contribution in [3.8, 4) is 0 Å². The standard InChI is InChI=1S/C19H22N2O3S/c1-4-24-19(23)16-14-9-10-21(3)11-15(14)25-18(16)20-17(22)13-8-6-5-7-12(13)2/h5-8H,4,9-11H2,1-3H3,(H,20,22). The molecule has 25 heavy (non-hydrogen) atoms. The van der Waals surface area contributed by atoms with Gasteiger partial charge in [-0.1, -0.05) is 18.2 Å². The molecule has 0 aliphatic carbocycles. The molecule has 0 unspecified atom stereocenters. The zero-order valence-electron chi connectivity index (χ0n) is 14.7. The van der Waals surface area contributed by atoms with Crippen molar-refractivity contribution >= 4 is 28.2 Å². The van der Waals surface area contributed by atoms with Crippen LogP contribution in [-0.4, -0.2) is 37.0 Å². The van der Waals surface area contributed by atoms with E-state index in [-0.39, 0.29) is 11.9 Å². The Morgan fingerprint density at radius 1 is 1.32 bits per heavy atom. The lowest BCUT2D eigenvalue weighted by Crippen LogP contribution is -2.26. The fraction of sp³-hybridized carbons (Fsp3) is 0.368. The van der Waals surface area contributed by atoms with Crippen LogP contribution in [0.2, 0.25) is 0 Å². The molecule has 0 spiro atoms. The maximum Gasteiger partial charge on any atom is 0.341 e. The first-order valence-electron chi connectivity index (χ1n) is 8.38. The zero-order valence-corrected chi connectivity index (χ0v) is 15.5. The van der Waals surface area contributed by atoms with E-state index in [2.05, 4.69) is 17.3 Å². The predicted molar refractivity (Wildman–Crippen MR) is 99.4 cm³/mol. The van der Waals surface area contributed by atoms with E-state index in [1.54, 1.807) is 13.0 Å². The number of carbonyl (C=O) groups excluding carboxylic acids is 2. The lowest BCUT2D eigenvalue weighted by Gasteiger charge is -2.22. The van der Waals surface area contributed by atoms with Crippen LogP contribution in [0, 0.1) is 6.92 Å². The number of nitrogens with zero attached hydrogens (tertiary/aromatic N) is 1. The molecule has 5 nitrogen and oxygen atoms in total. The first kappa shape index (κ1) is 17.6. The summed E-state index contributed by atoms with van der Waals surface area (Å²) < 4.78 is 5.23. The van der Waals surface area contributed by atoms with Gasteiger partial charge in [-0.2, -0.15) is 0 Å². The summed E-state index contributed by atoms with van der Waals surface area (Å²) in [4.78, 5) is 28.5. The minimum absolute atomic E-state index is 0.199. The molecule has 1 amide bonds. The molecular weight excluding hydrogens is 336 g/mol. The summed E-state index contributed by atoms with van der Waals surface area (Å²) in [6, 6.07) is 7.42. The van der Waals surface area contributed by atoms with Gasteiger partial charge in [0.1, 0.15) is 5.00 Å². The smallest absolute Gasteiger partial charge is 0.341 e. The van der Waals surface area contributed by atoms with Gasteiger partial charge in [-0.05, 0) is 44.5 Å². The third-order valence-electron chi connectivity index (χ3n) is 4.34. The van der Waals surface area contributed by atoms with Crippen LogP contribution >= 0.6 is 11.3 Å². The van der Waals surface area contributed by atoms with Crippen LogP contribution in [0.3, 0.4) is 0 Å². The van der Waals surface area contributed by atoms with Crippen molar-refractivity contribution < 1.29 is 14.3 Å². The van der Waals surface area contributed by atoms with Crippen LogP contribution in [0.25, 0.3) is 0 Å². The summed E-state index contributed by atoms with van der Waals surface area (Å²) in [5.74, 6) is -0.555. The molecule has 2 heterocycles. The lowest BCUT2D eigenvalue weighted by molar-refractivity contribution is 0.0526. The lowest BCUT2D eigenvalue weighted by atomic mass is 10.0. The third kappa shape index (κ3) is 3.60. The van der Waals surface area contributed by atoms with Gasteiger partial charge in [0.2, 0.25) is 0 Å². The van der Waals surface area contributed by atoms with Crippen LogP contribution in [0.4, 0.5) is 5.00 Å². The van der Waals surface area contributed by atoms with E-state index in [4.69, 9.17) is 4.74 Å². The minimum Gasteiger partial charge on any atom is -0.462 e. The zero-order chi connectivity index (χ0) is 18.0. The number of rotatable bonds is 4. The number of aryl methyl sites for hydroxylation is 1. The van der Waals surface area contributed by atoms with Crippen LogP contribution in [0.1, 0.15) is 43.6 Å². The van der Waals surface area contributed by atoms with Crippen molar-refractivity contribution in [2.24, 2.45) is 0 Å². The Labute approximate surface area is 151 Å². The molecular formula is C19H22N2O3S. The van der Waals surface area contributed by atoms with Crippen molar-refractivity contribution in [1.29, 1.82) is 0 Å². The van der Waals surface area contributed by atoms with Gasteiger partial charge in [0.05, 0.1) is 12.2 Å². The summed E-state index contributed by atoms with van der Waals surface area (Å²) >= 11 is 1.47. The van der Waals surface area contributed by atoms with E-state index in [9.17, 15) is 9.59 Å². The SMILES string of the molecule is CCOC(=O)c1c(NC(=O)c2ccccc2C)sc2c1CCN(C)C2. The van der Waals surface area contributed by atoms with Crippen molar-refractivity contribution in [2.45, 2.75) is 26.8 Å². The number of hydrogen-bond acceptors (Lipinski definition) is 5. The highest BCUT2D eigenvalue weighted by molar-refractivity contribution is 7.17. The van der Waals surface area contributed by atoms with Gasteiger partial charge in [-0.15, -0.1) is 11.3 Å². The van der Waals surface area contributed by atoms with Gasteiger partial charge >= 0.3 is 5.97 Å². The number of amides is 1. The Morgan fingerprint density at radius 3 is 2.80 bits per heavy atom. The van der Waals surface area contributed by atoms with Crippen LogP contribution in [0.15, 0.2) is 24.3 Å². The number of anilines is 1. The number of thiophene rings is 1. The minimum atomic E-state index is -0.357. The monoisotopic (exact) mass is 358 g/mol. The van der Waals surface area contributed by atoms with Gasteiger partial charge < -0.3 is 15.0 Å². The molecule has 1 N–H and O–H groups in total. The Kier molecular flexibility index (Phi) is 5.20. The predicted octanol–water partition coefficient (Wildman–Crippen LogP) is 3.47. The molecule has 2 aromatic rings. The number of hydrogen-bond donors (Lipinski definition) is 1. The van der Waals surface area contributed by atoms with E-state index in [1.807, 2.05) is 25.1 Å². The fourth-order valence-corrected chi connectivity index (χ4v) is 4.35. The maximum absolute atomic E-state index is 12.7. The number of benzene rings is 1. The van der Waals surface area contributed by atoms with Crippen LogP contribution in [-0.2, 0) is 17.7 Å². The first-order chi connectivity index (χ1) is 12.0. The Bertz CT molecular complexity index is 813. The second kappa shape index (κ2) is 7.37. The van der Waals surface area contributed by atoms with Crippen molar-refractivity contribution in [3.05, 3.63) is 51.4 Å². The quantitative estimate of drug-likeness (QED) is 0.850. The maximum atomic E-state index is 12.7. The summed E-state index contributed by atoms with van der Waals surface area (Å²) in [7, 11) is 2.05. The molecule has 0 fully saturated rings. The van der Waals surface area contributed by atoms with Crippen molar-refractivity contribution in [3.63, 3.8) is 0 Å². The normalized spacial score (nSPS) is 14.0. The average Bonchev–Trinajstić information content (AvgIpc) is 2.92. The Hall–Kier alpha value is -2.18. The van der Waals surface area contributed by atoms with E-state index < -0.39 is 0 Å². The summed E-state index contributed by atoms with van der Waals surface area (Å²) in [5, 5.41) is 3.53.